The molecule has 4 nitrogen and oxygen atoms in total. The van der Waals surface area contributed by atoms with Crippen LogP contribution in [0.5, 0.6) is 5.75 Å². The summed E-state index contributed by atoms with van der Waals surface area (Å²) in [6, 6.07) is 5.25. The van der Waals surface area contributed by atoms with E-state index in [1.165, 1.54) is 0 Å². The van der Waals surface area contributed by atoms with Crippen LogP contribution in [0.3, 0.4) is 0 Å². The highest BCUT2D eigenvalue weighted by Crippen LogP contribution is 2.29. The molecule has 0 bridgehead atoms. The number of halogens is 2. The summed E-state index contributed by atoms with van der Waals surface area (Å²) in [4.78, 5) is 12.2. The minimum Gasteiger partial charge on any atom is -0.492 e. The number of carbonyl (C=O) groups is 1. The molecule has 1 aromatic carbocycles. The highest BCUT2D eigenvalue weighted by molar-refractivity contribution is 6.30. The number of amides is 1. The van der Waals surface area contributed by atoms with Crippen LogP contribution in [0.25, 0.3) is 0 Å². The molecule has 1 aliphatic heterocycles. The van der Waals surface area contributed by atoms with Gasteiger partial charge in [-0.15, -0.1) is 12.4 Å². The van der Waals surface area contributed by atoms with Crippen LogP contribution in [0, 0.1) is 5.92 Å². The average Bonchev–Trinajstić information content (AvgIpc) is 2.43. The molecule has 2 rings (SSSR count). The molecule has 0 aromatic heterocycles. The van der Waals surface area contributed by atoms with E-state index >= 15 is 0 Å². The van der Waals surface area contributed by atoms with E-state index in [0.29, 0.717) is 23.1 Å². The van der Waals surface area contributed by atoms with Gasteiger partial charge in [-0.3, -0.25) is 4.79 Å². The first-order chi connectivity index (χ1) is 9.20. The van der Waals surface area contributed by atoms with Gasteiger partial charge in [0.2, 0.25) is 5.91 Å². The number of rotatable bonds is 4. The Morgan fingerprint density at radius 3 is 3.00 bits per heavy atom. The predicted molar refractivity (Wildman–Crippen MR) is 84.1 cm³/mol. The lowest BCUT2D eigenvalue weighted by Crippen LogP contribution is -2.37. The lowest BCUT2D eigenvalue weighted by Gasteiger charge is -2.22. The van der Waals surface area contributed by atoms with Crippen molar-refractivity contribution in [3.63, 3.8) is 0 Å². The Bertz CT molecular complexity index is 449. The van der Waals surface area contributed by atoms with Gasteiger partial charge in [-0.25, -0.2) is 0 Å². The van der Waals surface area contributed by atoms with Gasteiger partial charge in [0.1, 0.15) is 5.75 Å². The molecule has 1 saturated heterocycles. The molecule has 0 spiro atoms. The van der Waals surface area contributed by atoms with Crippen LogP contribution in [-0.2, 0) is 4.79 Å². The molecular weight excluding hydrogens is 299 g/mol. The van der Waals surface area contributed by atoms with E-state index in [9.17, 15) is 4.79 Å². The van der Waals surface area contributed by atoms with Crippen molar-refractivity contribution < 1.29 is 9.53 Å². The standard InChI is InChI=1S/C14H19ClN2O2.ClH/c1-2-19-13-8-11(15)5-6-12(13)17-14(18)10-4-3-7-16-9-10;/h5-6,8,10,16H,2-4,7,9H2,1H3,(H,17,18);1H. The number of ether oxygens (including phenoxy) is 1. The Kier molecular flexibility index (Phi) is 7.13. The number of anilines is 1. The smallest absolute Gasteiger partial charge is 0.228 e. The quantitative estimate of drug-likeness (QED) is 0.896. The monoisotopic (exact) mass is 318 g/mol. The molecule has 1 unspecified atom stereocenters. The fourth-order valence-corrected chi connectivity index (χ4v) is 2.35. The third kappa shape index (κ3) is 4.54. The van der Waals surface area contributed by atoms with Crippen molar-refractivity contribution in [3.05, 3.63) is 23.2 Å². The van der Waals surface area contributed by atoms with E-state index in [1.54, 1.807) is 18.2 Å². The maximum absolute atomic E-state index is 12.2. The number of piperidine rings is 1. The van der Waals surface area contributed by atoms with Crippen molar-refractivity contribution in [3.8, 4) is 5.75 Å². The molecule has 1 amide bonds. The molecule has 1 heterocycles. The molecule has 2 N–H and O–H groups in total. The van der Waals surface area contributed by atoms with Gasteiger partial charge < -0.3 is 15.4 Å². The molecule has 0 aliphatic carbocycles. The van der Waals surface area contributed by atoms with Crippen LogP contribution >= 0.6 is 24.0 Å². The first-order valence-electron chi connectivity index (χ1n) is 6.64. The Morgan fingerprint density at radius 1 is 1.55 bits per heavy atom. The summed E-state index contributed by atoms with van der Waals surface area (Å²) >= 11 is 5.94. The van der Waals surface area contributed by atoms with Crippen molar-refractivity contribution in [1.82, 2.24) is 5.32 Å². The molecule has 0 saturated carbocycles. The minimum absolute atomic E-state index is 0. The highest BCUT2D eigenvalue weighted by Gasteiger charge is 2.21. The minimum atomic E-state index is 0. The van der Waals surface area contributed by atoms with Crippen molar-refractivity contribution in [2.75, 3.05) is 25.0 Å². The number of carbonyl (C=O) groups excluding carboxylic acids is 1. The second-order valence-corrected chi connectivity index (χ2v) is 5.04. The predicted octanol–water partition coefficient (Wildman–Crippen LogP) is 3.10. The molecule has 1 fully saturated rings. The highest BCUT2D eigenvalue weighted by atomic mass is 35.5. The maximum atomic E-state index is 12.2. The molecule has 1 atom stereocenters. The maximum Gasteiger partial charge on any atom is 0.228 e. The van der Waals surface area contributed by atoms with Gasteiger partial charge >= 0.3 is 0 Å². The van der Waals surface area contributed by atoms with Gasteiger partial charge in [-0.2, -0.15) is 0 Å². The van der Waals surface area contributed by atoms with E-state index in [0.717, 1.165) is 25.9 Å². The average molecular weight is 319 g/mol. The van der Waals surface area contributed by atoms with Gasteiger partial charge in [-0.05, 0) is 38.4 Å². The largest absolute Gasteiger partial charge is 0.492 e. The summed E-state index contributed by atoms with van der Waals surface area (Å²) < 4.78 is 5.49. The van der Waals surface area contributed by atoms with Gasteiger partial charge in [0.25, 0.3) is 0 Å². The summed E-state index contributed by atoms with van der Waals surface area (Å²) in [6.45, 7) is 4.17. The Balaban J connectivity index is 0.00000200. The van der Waals surface area contributed by atoms with Crippen molar-refractivity contribution >= 4 is 35.6 Å². The molecule has 112 valence electrons. The lowest BCUT2D eigenvalue weighted by molar-refractivity contribution is -0.120. The van der Waals surface area contributed by atoms with Gasteiger partial charge in [0.05, 0.1) is 18.2 Å². The summed E-state index contributed by atoms with van der Waals surface area (Å²) in [5.74, 6) is 0.682. The zero-order valence-corrected chi connectivity index (χ0v) is 13.0. The van der Waals surface area contributed by atoms with Crippen molar-refractivity contribution in [2.24, 2.45) is 5.92 Å². The molecule has 20 heavy (non-hydrogen) atoms. The van der Waals surface area contributed by atoms with E-state index in [4.69, 9.17) is 16.3 Å². The van der Waals surface area contributed by atoms with E-state index in [1.807, 2.05) is 6.92 Å². The van der Waals surface area contributed by atoms with Crippen LogP contribution in [0.1, 0.15) is 19.8 Å². The number of hydrogen-bond acceptors (Lipinski definition) is 3. The van der Waals surface area contributed by atoms with Gasteiger partial charge in [0.15, 0.2) is 0 Å². The number of nitrogens with one attached hydrogen (secondary N) is 2. The lowest BCUT2D eigenvalue weighted by atomic mass is 9.99. The number of hydrogen-bond donors (Lipinski definition) is 2. The van der Waals surface area contributed by atoms with Crippen LogP contribution in [-0.4, -0.2) is 25.6 Å². The second-order valence-electron chi connectivity index (χ2n) is 4.61. The third-order valence-electron chi connectivity index (χ3n) is 3.17. The number of benzene rings is 1. The van der Waals surface area contributed by atoms with E-state index in [-0.39, 0.29) is 24.2 Å². The SMILES string of the molecule is CCOc1cc(Cl)ccc1NC(=O)C1CCCNC1.Cl. The Morgan fingerprint density at radius 2 is 2.35 bits per heavy atom. The zero-order valence-electron chi connectivity index (χ0n) is 11.4. The third-order valence-corrected chi connectivity index (χ3v) is 3.40. The molecule has 1 aliphatic rings. The Hall–Kier alpha value is -0.970. The van der Waals surface area contributed by atoms with Crippen LogP contribution in [0.15, 0.2) is 18.2 Å². The van der Waals surface area contributed by atoms with Crippen LogP contribution < -0.4 is 15.4 Å². The van der Waals surface area contributed by atoms with E-state index < -0.39 is 0 Å². The molecule has 1 aromatic rings. The normalized spacial score (nSPS) is 18.0. The fraction of sp³-hybridized carbons (Fsp3) is 0.500. The molecule has 6 heteroatoms. The fourth-order valence-electron chi connectivity index (χ4n) is 2.18. The van der Waals surface area contributed by atoms with Crippen LogP contribution in [0.4, 0.5) is 5.69 Å². The van der Waals surface area contributed by atoms with E-state index in [2.05, 4.69) is 10.6 Å². The van der Waals surface area contributed by atoms with Gasteiger partial charge in [-0.1, -0.05) is 11.6 Å². The molecule has 0 radical (unpaired) electrons. The van der Waals surface area contributed by atoms with Crippen molar-refractivity contribution in [1.29, 1.82) is 0 Å². The summed E-state index contributed by atoms with van der Waals surface area (Å²) in [7, 11) is 0. The van der Waals surface area contributed by atoms with Gasteiger partial charge in [0, 0.05) is 17.6 Å². The summed E-state index contributed by atoms with van der Waals surface area (Å²) in [5, 5.41) is 6.76. The molecular formula is C14H20Cl2N2O2. The summed E-state index contributed by atoms with van der Waals surface area (Å²) in [5.41, 5.74) is 0.682. The second kappa shape index (κ2) is 8.35. The topological polar surface area (TPSA) is 50.4 Å². The zero-order chi connectivity index (χ0) is 13.7. The first-order valence-corrected chi connectivity index (χ1v) is 7.02. The van der Waals surface area contributed by atoms with Crippen molar-refractivity contribution in [2.45, 2.75) is 19.8 Å². The summed E-state index contributed by atoms with van der Waals surface area (Å²) in [6.07, 6.45) is 1.97. The Labute approximate surface area is 130 Å². The van der Waals surface area contributed by atoms with Crippen LogP contribution in [0.2, 0.25) is 5.02 Å². The first kappa shape index (κ1) is 17.1.